The summed E-state index contributed by atoms with van der Waals surface area (Å²) in [6.07, 6.45) is 2.34. The van der Waals surface area contributed by atoms with E-state index < -0.39 is 0 Å². The summed E-state index contributed by atoms with van der Waals surface area (Å²) >= 11 is 3.56. The standard InChI is InChI=1S/C17H18BrNO/c1-12-5-4-10-19(11-12)17(20)15-8-2-7-14-13(15)6-3-9-16(14)18/h2-3,6-9,12H,4-5,10-11H2,1H3. The highest BCUT2D eigenvalue weighted by Gasteiger charge is 2.23. The summed E-state index contributed by atoms with van der Waals surface area (Å²) in [7, 11) is 0. The first-order valence-electron chi connectivity index (χ1n) is 7.13. The molecule has 2 nitrogen and oxygen atoms in total. The van der Waals surface area contributed by atoms with Crippen molar-refractivity contribution in [2.24, 2.45) is 5.92 Å². The molecule has 3 rings (SSSR count). The Morgan fingerprint density at radius 1 is 1.20 bits per heavy atom. The summed E-state index contributed by atoms with van der Waals surface area (Å²) in [5.74, 6) is 0.773. The van der Waals surface area contributed by atoms with E-state index in [1.807, 2.05) is 35.2 Å². The zero-order valence-corrected chi connectivity index (χ0v) is 13.2. The van der Waals surface area contributed by atoms with Crippen molar-refractivity contribution in [3.8, 4) is 0 Å². The smallest absolute Gasteiger partial charge is 0.254 e. The molecule has 1 fully saturated rings. The third-order valence-corrected chi connectivity index (χ3v) is 4.74. The van der Waals surface area contributed by atoms with Gasteiger partial charge in [0, 0.05) is 23.1 Å². The molecule has 1 heterocycles. The summed E-state index contributed by atoms with van der Waals surface area (Å²) in [4.78, 5) is 14.8. The highest BCUT2D eigenvalue weighted by molar-refractivity contribution is 9.10. The lowest BCUT2D eigenvalue weighted by Gasteiger charge is -2.31. The van der Waals surface area contributed by atoms with Gasteiger partial charge in [-0.15, -0.1) is 0 Å². The van der Waals surface area contributed by atoms with Gasteiger partial charge in [-0.05, 0) is 41.7 Å². The van der Waals surface area contributed by atoms with Crippen LogP contribution in [0.3, 0.4) is 0 Å². The van der Waals surface area contributed by atoms with Crippen LogP contribution in [0.2, 0.25) is 0 Å². The number of carbonyl (C=O) groups excluding carboxylic acids is 1. The molecule has 0 radical (unpaired) electrons. The number of carbonyl (C=O) groups is 1. The van der Waals surface area contributed by atoms with E-state index in [9.17, 15) is 4.79 Å². The highest BCUT2D eigenvalue weighted by atomic mass is 79.9. The zero-order chi connectivity index (χ0) is 14.1. The van der Waals surface area contributed by atoms with Gasteiger partial charge in [0.05, 0.1) is 0 Å². The minimum absolute atomic E-state index is 0.167. The molecule has 1 amide bonds. The predicted molar refractivity (Wildman–Crippen MR) is 85.9 cm³/mol. The van der Waals surface area contributed by atoms with E-state index in [0.717, 1.165) is 40.3 Å². The number of benzene rings is 2. The van der Waals surface area contributed by atoms with Crippen molar-refractivity contribution >= 4 is 32.6 Å². The third kappa shape index (κ3) is 2.47. The molecule has 0 aliphatic carbocycles. The molecule has 0 N–H and O–H groups in total. The zero-order valence-electron chi connectivity index (χ0n) is 11.6. The molecular weight excluding hydrogens is 314 g/mol. The second kappa shape index (κ2) is 5.57. The lowest BCUT2D eigenvalue weighted by atomic mass is 9.98. The number of halogens is 1. The predicted octanol–water partition coefficient (Wildman–Crippen LogP) is 4.47. The Balaban J connectivity index is 2.01. The van der Waals surface area contributed by atoms with Gasteiger partial charge in [-0.1, -0.05) is 47.1 Å². The van der Waals surface area contributed by atoms with E-state index in [1.54, 1.807) is 0 Å². The molecule has 0 bridgehead atoms. The van der Waals surface area contributed by atoms with Crippen molar-refractivity contribution in [2.45, 2.75) is 19.8 Å². The molecule has 104 valence electrons. The van der Waals surface area contributed by atoms with Gasteiger partial charge in [0.1, 0.15) is 0 Å². The second-order valence-corrected chi connectivity index (χ2v) is 6.49. The van der Waals surface area contributed by atoms with Gasteiger partial charge >= 0.3 is 0 Å². The van der Waals surface area contributed by atoms with Crippen molar-refractivity contribution in [2.75, 3.05) is 13.1 Å². The quantitative estimate of drug-likeness (QED) is 0.754. The molecule has 1 aliphatic rings. The Morgan fingerprint density at radius 3 is 2.75 bits per heavy atom. The lowest BCUT2D eigenvalue weighted by Crippen LogP contribution is -2.39. The van der Waals surface area contributed by atoms with Crippen LogP contribution >= 0.6 is 15.9 Å². The number of likely N-dealkylation sites (tertiary alicyclic amines) is 1. The Labute approximate surface area is 127 Å². The van der Waals surface area contributed by atoms with Crippen LogP contribution in [0.5, 0.6) is 0 Å². The molecule has 3 heteroatoms. The molecule has 0 saturated carbocycles. The van der Waals surface area contributed by atoms with Crippen LogP contribution in [0, 0.1) is 5.92 Å². The lowest BCUT2D eigenvalue weighted by molar-refractivity contribution is 0.0685. The van der Waals surface area contributed by atoms with E-state index in [2.05, 4.69) is 28.9 Å². The Morgan fingerprint density at radius 2 is 1.95 bits per heavy atom. The molecule has 2 aromatic rings. The Hall–Kier alpha value is -1.35. The van der Waals surface area contributed by atoms with Crippen molar-refractivity contribution in [1.82, 2.24) is 4.90 Å². The van der Waals surface area contributed by atoms with Gasteiger partial charge < -0.3 is 4.90 Å². The van der Waals surface area contributed by atoms with Crippen LogP contribution in [-0.2, 0) is 0 Å². The third-order valence-electron chi connectivity index (χ3n) is 4.04. The Bertz CT molecular complexity index is 652. The largest absolute Gasteiger partial charge is 0.338 e. The van der Waals surface area contributed by atoms with Crippen molar-refractivity contribution in [3.05, 3.63) is 46.4 Å². The number of amides is 1. The minimum Gasteiger partial charge on any atom is -0.338 e. The molecule has 20 heavy (non-hydrogen) atoms. The number of hydrogen-bond donors (Lipinski definition) is 0. The molecule has 2 aromatic carbocycles. The summed E-state index contributed by atoms with van der Waals surface area (Å²) in [6, 6.07) is 12.0. The fourth-order valence-electron chi connectivity index (χ4n) is 3.00. The normalized spacial score (nSPS) is 19.3. The molecule has 0 spiro atoms. The SMILES string of the molecule is CC1CCCN(C(=O)c2cccc3c(Br)cccc23)C1. The summed E-state index contributed by atoms with van der Waals surface area (Å²) in [6.45, 7) is 3.98. The molecular formula is C17H18BrNO. The van der Waals surface area contributed by atoms with Gasteiger partial charge in [0.25, 0.3) is 5.91 Å². The van der Waals surface area contributed by atoms with Crippen molar-refractivity contribution in [3.63, 3.8) is 0 Å². The van der Waals surface area contributed by atoms with Crippen LogP contribution in [0.4, 0.5) is 0 Å². The maximum atomic E-state index is 12.8. The maximum absolute atomic E-state index is 12.8. The maximum Gasteiger partial charge on any atom is 0.254 e. The topological polar surface area (TPSA) is 20.3 Å². The van der Waals surface area contributed by atoms with Gasteiger partial charge in [0.15, 0.2) is 0 Å². The van der Waals surface area contributed by atoms with Crippen LogP contribution in [0.25, 0.3) is 10.8 Å². The van der Waals surface area contributed by atoms with E-state index in [4.69, 9.17) is 0 Å². The Kier molecular flexibility index (Phi) is 3.79. The average molecular weight is 332 g/mol. The molecule has 0 aromatic heterocycles. The van der Waals surface area contributed by atoms with Crippen molar-refractivity contribution in [1.29, 1.82) is 0 Å². The van der Waals surface area contributed by atoms with Gasteiger partial charge in [-0.3, -0.25) is 4.79 Å². The number of fused-ring (bicyclic) bond motifs is 1. The van der Waals surface area contributed by atoms with Gasteiger partial charge in [0.2, 0.25) is 0 Å². The summed E-state index contributed by atoms with van der Waals surface area (Å²) in [5, 5.41) is 2.13. The fourth-order valence-corrected chi connectivity index (χ4v) is 3.50. The number of nitrogens with zero attached hydrogens (tertiary/aromatic N) is 1. The van der Waals surface area contributed by atoms with Crippen LogP contribution in [0.1, 0.15) is 30.1 Å². The van der Waals surface area contributed by atoms with Crippen LogP contribution < -0.4 is 0 Å². The van der Waals surface area contributed by atoms with E-state index in [0.29, 0.717) is 5.92 Å². The number of rotatable bonds is 1. The van der Waals surface area contributed by atoms with Crippen molar-refractivity contribution < 1.29 is 4.79 Å². The molecule has 1 unspecified atom stereocenters. The van der Waals surface area contributed by atoms with Crippen LogP contribution in [-0.4, -0.2) is 23.9 Å². The first-order valence-corrected chi connectivity index (χ1v) is 7.92. The van der Waals surface area contributed by atoms with E-state index in [-0.39, 0.29) is 5.91 Å². The molecule has 1 saturated heterocycles. The minimum atomic E-state index is 0.167. The first-order chi connectivity index (χ1) is 9.66. The summed E-state index contributed by atoms with van der Waals surface area (Å²) in [5.41, 5.74) is 0.818. The number of hydrogen-bond acceptors (Lipinski definition) is 1. The second-order valence-electron chi connectivity index (χ2n) is 5.64. The monoisotopic (exact) mass is 331 g/mol. The number of piperidine rings is 1. The van der Waals surface area contributed by atoms with E-state index in [1.165, 1.54) is 6.42 Å². The molecule has 1 atom stereocenters. The average Bonchev–Trinajstić information content (AvgIpc) is 2.46. The first kappa shape index (κ1) is 13.6. The van der Waals surface area contributed by atoms with Gasteiger partial charge in [-0.25, -0.2) is 0 Å². The highest BCUT2D eigenvalue weighted by Crippen LogP contribution is 2.28. The van der Waals surface area contributed by atoms with Gasteiger partial charge in [-0.2, -0.15) is 0 Å². The van der Waals surface area contributed by atoms with Crippen LogP contribution in [0.15, 0.2) is 40.9 Å². The molecule has 1 aliphatic heterocycles. The van der Waals surface area contributed by atoms with E-state index >= 15 is 0 Å². The fraction of sp³-hybridized carbons (Fsp3) is 0.353. The summed E-state index contributed by atoms with van der Waals surface area (Å²) < 4.78 is 1.04.